The molecule has 4 nitrogen and oxygen atoms in total. The van der Waals surface area contributed by atoms with E-state index >= 15 is 0 Å². The van der Waals surface area contributed by atoms with E-state index in [1.807, 2.05) is 42.3 Å². The topological polar surface area (TPSA) is 38.1 Å². The molecule has 3 rings (SSSR count). The maximum atomic E-state index is 12.7. The zero-order valence-corrected chi connectivity index (χ0v) is 14.2. The van der Waals surface area contributed by atoms with Gasteiger partial charge in [-0.15, -0.1) is 0 Å². The predicted molar refractivity (Wildman–Crippen MR) is 91.7 cm³/mol. The first-order valence-electron chi connectivity index (χ1n) is 8.26. The number of carbonyl (C=O) groups excluding carboxylic acids is 1. The van der Waals surface area contributed by atoms with Gasteiger partial charge in [0.2, 0.25) is 0 Å². The highest BCUT2D eigenvalue weighted by Gasteiger charge is 2.26. The van der Waals surface area contributed by atoms with Gasteiger partial charge in [-0.25, -0.2) is 0 Å². The van der Waals surface area contributed by atoms with Gasteiger partial charge in [0.25, 0.3) is 5.91 Å². The van der Waals surface area contributed by atoms with Gasteiger partial charge in [0.05, 0.1) is 18.3 Å². The molecule has 0 N–H and O–H groups in total. The minimum atomic E-state index is 0.0878. The number of hydrogen-bond acceptors (Lipinski definition) is 2. The number of carbonyl (C=O) groups is 1. The Morgan fingerprint density at radius 2 is 2.09 bits per heavy atom. The van der Waals surface area contributed by atoms with E-state index < -0.39 is 0 Å². The third-order valence-corrected chi connectivity index (χ3v) is 4.91. The number of aromatic nitrogens is 2. The minimum Gasteiger partial charge on any atom is -0.336 e. The van der Waals surface area contributed by atoms with Crippen LogP contribution in [0.2, 0.25) is 5.02 Å². The molecular formula is C18H22ClN3O. The molecule has 2 aromatic rings. The zero-order chi connectivity index (χ0) is 16.2. The molecule has 0 bridgehead atoms. The normalized spacial score (nSPS) is 15.0. The number of rotatable bonds is 5. The number of nitrogens with zero attached hydrogens (tertiary/aromatic N) is 3. The van der Waals surface area contributed by atoms with Gasteiger partial charge in [-0.05, 0) is 31.4 Å². The van der Waals surface area contributed by atoms with Crippen molar-refractivity contribution in [3.8, 4) is 0 Å². The Morgan fingerprint density at radius 1 is 1.35 bits per heavy atom. The SMILES string of the molecule is CCN(C(=O)c1cnn(Cc2ccccc2Cl)c1)C1CCCC1. The summed E-state index contributed by atoms with van der Waals surface area (Å²) in [4.78, 5) is 14.7. The second-order valence-corrected chi connectivity index (χ2v) is 6.45. The van der Waals surface area contributed by atoms with Crippen LogP contribution in [0.5, 0.6) is 0 Å². The van der Waals surface area contributed by atoms with Crippen LogP contribution >= 0.6 is 11.6 Å². The molecule has 1 aliphatic rings. The molecule has 1 fully saturated rings. The maximum absolute atomic E-state index is 12.7. The van der Waals surface area contributed by atoms with E-state index in [0.29, 0.717) is 18.2 Å². The molecule has 0 atom stereocenters. The molecule has 1 heterocycles. The van der Waals surface area contributed by atoms with Crippen molar-refractivity contribution in [3.63, 3.8) is 0 Å². The lowest BCUT2D eigenvalue weighted by molar-refractivity contribution is 0.0693. The fraction of sp³-hybridized carbons (Fsp3) is 0.444. The van der Waals surface area contributed by atoms with Gasteiger partial charge in [-0.1, -0.05) is 42.6 Å². The highest BCUT2D eigenvalue weighted by molar-refractivity contribution is 6.31. The summed E-state index contributed by atoms with van der Waals surface area (Å²) in [5.41, 5.74) is 1.66. The van der Waals surface area contributed by atoms with E-state index in [-0.39, 0.29) is 5.91 Å². The Balaban J connectivity index is 1.73. The third-order valence-electron chi connectivity index (χ3n) is 4.54. The van der Waals surface area contributed by atoms with Gasteiger partial charge in [-0.2, -0.15) is 5.10 Å². The van der Waals surface area contributed by atoms with Gasteiger partial charge in [-0.3, -0.25) is 9.48 Å². The van der Waals surface area contributed by atoms with Crippen LogP contribution < -0.4 is 0 Å². The lowest BCUT2D eigenvalue weighted by Crippen LogP contribution is -2.38. The van der Waals surface area contributed by atoms with Crippen molar-refractivity contribution in [2.24, 2.45) is 0 Å². The van der Waals surface area contributed by atoms with E-state index in [1.165, 1.54) is 12.8 Å². The lowest BCUT2D eigenvalue weighted by atomic mass is 10.2. The van der Waals surface area contributed by atoms with E-state index in [2.05, 4.69) is 5.10 Å². The molecule has 0 spiro atoms. The molecular weight excluding hydrogens is 310 g/mol. The standard InChI is InChI=1S/C18H22ClN3O/c1-2-22(16-8-4-5-9-16)18(23)15-11-20-21(13-15)12-14-7-3-6-10-17(14)19/h3,6-7,10-11,13,16H,2,4-5,8-9,12H2,1H3. The van der Waals surface area contributed by atoms with E-state index in [0.717, 1.165) is 30.0 Å². The molecule has 0 radical (unpaired) electrons. The number of hydrogen-bond donors (Lipinski definition) is 0. The molecule has 1 saturated carbocycles. The summed E-state index contributed by atoms with van der Waals surface area (Å²) in [5.74, 6) is 0.0878. The number of halogens is 1. The molecule has 0 unspecified atom stereocenters. The van der Waals surface area contributed by atoms with Crippen molar-refractivity contribution in [1.82, 2.24) is 14.7 Å². The van der Waals surface area contributed by atoms with Crippen LogP contribution in [-0.2, 0) is 6.54 Å². The first-order chi connectivity index (χ1) is 11.2. The summed E-state index contributed by atoms with van der Waals surface area (Å²) in [7, 11) is 0. The summed E-state index contributed by atoms with van der Waals surface area (Å²) < 4.78 is 1.77. The first-order valence-corrected chi connectivity index (χ1v) is 8.63. The molecule has 0 saturated heterocycles. The molecule has 5 heteroatoms. The summed E-state index contributed by atoms with van der Waals surface area (Å²) >= 11 is 6.19. The fourth-order valence-electron chi connectivity index (χ4n) is 3.31. The van der Waals surface area contributed by atoms with Crippen molar-refractivity contribution in [1.29, 1.82) is 0 Å². The predicted octanol–water partition coefficient (Wildman–Crippen LogP) is 3.99. The fourth-order valence-corrected chi connectivity index (χ4v) is 3.51. The molecule has 1 aromatic heterocycles. The summed E-state index contributed by atoms with van der Waals surface area (Å²) in [5, 5.41) is 5.05. The smallest absolute Gasteiger partial charge is 0.257 e. The third kappa shape index (κ3) is 3.58. The Kier molecular flexibility index (Phi) is 5.01. The second kappa shape index (κ2) is 7.18. The van der Waals surface area contributed by atoms with Crippen LogP contribution in [0, 0.1) is 0 Å². The zero-order valence-electron chi connectivity index (χ0n) is 13.4. The van der Waals surface area contributed by atoms with Gasteiger partial charge < -0.3 is 4.90 Å². The van der Waals surface area contributed by atoms with Crippen LogP contribution in [0.25, 0.3) is 0 Å². The maximum Gasteiger partial charge on any atom is 0.257 e. The lowest BCUT2D eigenvalue weighted by Gasteiger charge is -2.27. The van der Waals surface area contributed by atoms with Gasteiger partial charge in [0, 0.05) is 23.8 Å². The summed E-state index contributed by atoms with van der Waals surface area (Å²) in [6, 6.07) is 8.09. The monoisotopic (exact) mass is 331 g/mol. The van der Waals surface area contributed by atoms with Crippen molar-refractivity contribution >= 4 is 17.5 Å². The van der Waals surface area contributed by atoms with Gasteiger partial charge in [0.1, 0.15) is 0 Å². The molecule has 1 amide bonds. The van der Waals surface area contributed by atoms with Crippen LogP contribution in [0.3, 0.4) is 0 Å². The minimum absolute atomic E-state index is 0.0878. The van der Waals surface area contributed by atoms with Crippen molar-refractivity contribution in [2.45, 2.75) is 45.2 Å². The van der Waals surface area contributed by atoms with Crippen molar-refractivity contribution in [2.75, 3.05) is 6.54 Å². The Bertz CT molecular complexity index is 676. The highest BCUT2D eigenvalue weighted by atomic mass is 35.5. The quantitative estimate of drug-likeness (QED) is 0.830. The van der Waals surface area contributed by atoms with E-state index in [9.17, 15) is 4.79 Å². The van der Waals surface area contributed by atoms with Crippen LogP contribution in [0.4, 0.5) is 0 Å². The Hall–Kier alpha value is -1.81. The molecule has 122 valence electrons. The Labute approximate surface area is 142 Å². The van der Waals surface area contributed by atoms with E-state index in [4.69, 9.17) is 11.6 Å². The average molecular weight is 332 g/mol. The summed E-state index contributed by atoms with van der Waals surface area (Å²) in [6.45, 7) is 3.37. The first kappa shape index (κ1) is 16.1. The largest absolute Gasteiger partial charge is 0.336 e. The highest BCUT2D eigenvalue weighted by Crippen LogP contribution is 2.24. The van der Waals surface area contributed by atoms with E-state index in [1.54, 1.807) is 10.9 Å². The molecule has 1 aromatic carbocycles. The van der Waals surface area contributed by atoms with Gasteiger partial charge >= 0.3 is 0 Å². The summed E-state index contributed by atoms with van der Waals surface area (Å²) in [6.07, 6.45) is 8.17. The number of amides is 1. The van der Waals surface area contributed by atoms with Crippen molar-refractivity contribution < 1.29 is 4.79 Å². The second-order valence-electron chi connectivity index (χ2n) is 6.05. The van der Waals surface area contributed by atoms with Crippen LogP contribution in [0.1, 0.15) is 48.5 Å². The molecule has 1 aliphatic carbocycles. The Morgan fingerprint density at radius 3 is 2.78 bits per heavy atom. The average Bonchev–Trinajstić information content (AvgIpc) is 3.22. The van der Waals surface area contributed by atoms with Crippen LogP contribution in [-0.4, -0.2) is 33.2 Å². The van der Waals surface area contributed by atoms with Gasteiger partial charge in [0.15, 0.2) is 0 Å². The number of benzene rings is 1. The molecule has 0 aliphatic heterocycles. The van der Waals surface area contributed by atoms with Crippen molar-refractivity contribution in [3.05, 3.63) is 52.8 Å². The molecule has 23 heavy (non-hydrogen) atoms. The van der Waals surface area contributed by atoms with Crippen LogP contribution in [0.15, 0.2) is 36.7 Å².